The largest absolute Gasteiger partial charge is 0.341 e. The van der Waals surface area contributed by atoms with Crippen molar-refractivity contribution >= 4 is 32.9 Å². The molecule has 0 aromatic heterocycles. The molecule has 1 nitrogen and oxygen atoms in total. The van der Waals surface area contributed by atoms with Gasteiger partial charge in [-0.1, -0.05) is 86.6 Å². The third-order valence-electron chi connectivity index (χ3n) is 7.74. The van der Waals surface area contributed by atoms with Crippen LogP contribution in [-0.4, -0.2) is 6.54 Å². The maximum Gasteiger partial charge on any atom is 0.0444 e. The van der Waals surface area contributed by atoms with Crippen LogP contribution in [0.15, 0.2) is 91.0 Å². The zero-order valence-electron chi connectivity index (χ0n) is 18.5. The minimum Gasteiger partial charge on any atom is -0.341 e. The number of hydrogen-bond donors (Lipinski definition) is 0. The van der Waals surface area contributed by atoms with Crippen LogP contribution in [0.2, 0.25) is 0 Å². The summed E-state index contributed by atoms with van der Waals surface area (Å²) in [7, 11) is 0. The molecule has 1 aliphatic heterocycles. The molecule has 0 unspecified atom stereocenters. The first-order chi connectivity index (χ1) is 15.6. The molecule has 0 N–H and O–H groups in total. The lowest BCUT2D eigenvalue weighted by molar-refractivity contribution is 0.660. The van der Waals surface area contributed by atoms with Gasteiger partial charge in [-0.25, -0.2) is 0 Å². The Kier molecular flexibility index (Phi) is 3.51. The average Bonchev–Trinajstić information content (AvgIpc) is 3.36. The molecule has 0 fully saturated rings. The maximum absolute atomic E-state index is 2.49. The predicted molar refractivity (Wildman–Crippen MR) is 136 cm³/mol. The van der Waals surface area contributed by atoms with Crippen molar-refractivity contribution in [3.8, 4) is 11.1 Å². The van der Waals surface area contributed by atoms with E-state index in [1.807, 2.05) is 0 Å². The van der Waals surface area contributed by atoms with Crippen molar-refractivity contribution in [3.63, 3.8) is 0 Å². The molecule has 5 aromatic rings. The van der Waals surface area contributed by atoms with E-state index in [1.165, 1.54) is 60.7 Å². The fourth-order valence-electron chi connectivity index (χ4n) is 6.09. The van der Waals surface area contributed by atoms with Crippen molar-refractivity contribution in [2.45, 2.75) is 25.7 Å². The quantitative estimate of drug-likeness (QED) is 0.253. The van der Waals surface area contributed by atoms with Gasteiger partial charge in [-0.15, -0.1) is 0 Å². The third kappa shape index (κ3) is 2.29. The van der Waals surface area contributed by atoms with Crippen molar-refractivity contribution in [1.29, 1.82) is 0 Å². The van der Waals surface area contributed by atoms with Gasteiger partial charge in [-0.3, -0.25) is 0 Å². The van der Waals surface area contributed by atoms with Crippen LogP contribution in [0, 0.1) is 0 Å². The van der Waals surface area contributed by atoms with Crippen molar-refractivity contribution in [2.24, 2.45) is 0 Å². The van der Waals surface area contributed by atoms with Crippen LogP contribution in [0.1, 0.15) is 30.5 Å². The van der Waals surface area contributed by atoms with Gasteiger partial charge in [0.1, 0.15) is 0 Å². The molecule has 0 radical (unpaired) electrons. The predicted octanol–water partition coefficient (Wildman–Crippen LogP) is 7.99. The van der Waals surface area contributed by atoms with E-state index in [4.69, 9.17) is 0 Å². The fraction of sp³-hybridized carbons (Fsp3) is 0.161. The van der Waals surface area contributed by atoms with Crippen LogP contribution >= 0.6 is 0 Å². The molecule has 0 saturated carbocycles. The molecule has 1 aliphatic carbocycles. The number of para-hydroxylation sites is 1. The highest BCUT2D eigenvalue weighted by Crippen LogP contribution is 2.53. The summed E-state index contributed by atoms with van der Waals surface area (Å²) >= 11 is 0. The highest BCUT2D eigenvalue weighted by molar-refractivity contribution is 6.14. The number of anilines is 2. The second-order valence-corrected chi connectivity index (χ2v) is 9.76. The Bertz CT molecular complexity index is 1560. The summed E-state index contributed by atoms with van der Waals surface area (Å²) in [6, 6.07) is 34.0. The zero-order valence-corrected chi connectivity index (χ0v) is 18.5. The van der Waals surface area contributed by atoms with E-state index in [2.05, 4.69) is 110 Å². The average molecular weight is 412 g/mol. The van der Waals surface area contributed by atoms with Gasteiger partial charge in [0.05, 0.1) is 0 Å². The summed E-state index contributed by atoms with van der Waals surface area (Å²) in [5, 5.41) is 5.36. The Hall–Kier alpha value is -3.58. The lowest BCUT2D eigenvalue weighted by atomic mass is 9.81. The van der Waals surface area contributed by atoms with Crippen LogP contribution in [0.4, 0.5) is 11.4 Å². The number of hydrogen-bond acceptors (Lipinski definition) is 1. The lowest BCUT2D eigenvalue weighted by Crippen LogP contribution is -2.17. The van der Waals surface area contributed by atoms with Crippen molar-refractivity contribution < 1.29 is 0 Å². The standard InChI is InChI=1S/C31H25N/c1-31(2)27-16-15-24-23-9-5-3-7-20(23)11-13-25(24)30(27)26-14-12-22(19-28(26)31)32-18-17-21-8-4-6-10-29(21)32/h3-16,19H,17-18H2,1-2H3. The zero-order chi connectivity index (χ0) is 21.4. The summed E-state index contributed by atoms with van der Waals surface area (Å²) in [5.41, 5.74) is 9.79. The molecule has 7 rings (SSSR count). The molecule has 154 valence electrons. The Balaban J connectivity index is 1.46. The number of rotatable bonds is 1. The van der Waals surface area contributed by atoms with Gasteiger partial charge >= 0.3 is 0 Å². The van der Waals surface area contributed by atoms with Crippen LogP contribution in [-0.2, 0) is 11.8 Å². The van der Waals surface area contributed by atoms with Crippen molar-refractivity contribution in [1.82, 2.24) is 0 Å². The topological polar surface area (TPSA) is 3.24 Å². The van der Waals surface area contributed by atoms with E-state index < -0.39 is 0 Å². The van der Waals surface area contributed by atoms with Crippen LogP contribution in [0.3, 0.4) is 0 Å². The minimum absolute atomic E-state index is 0.0141. The van der Waals surface area contributed by atoms with Gasteiger partial charge in [0.25, 0.3) is 0 Å². The van der Waals surface area contributed by atoms with Gasteiger partial charge < -0.3 is 4.90 Å². The molecule has 0 atom stereocenters. The van der Waals surface area contributed by atoms with E-state index in [9.17, 15) is 0 Å². The van der Waals surface area contributed by atoms with E-state index in [-0.39, 0.29) is 5.41 Å². The normalized spacial score (nSPS) is 15.8. The van der Waals surface area contributed by atoms with E-state index >= 15 is 0 Å². The van der Waals surface area contributed by atoms with Crippen LogP contribution in [0.25, 0.3) is 32.7 Å². The van der Waals surface area contributed by atoms with Gasteiger partial charge in [0, 0.05) is 23.3 Å². The van der Waals surface area contributed by atoms with Crippen LogP contribution in [0.5, 0.6) is 0 Å². The number of fused-ring (bicyclic) bond motifs is 8. The minimum atomic E-state index is -0.0141. The summed E-state index contributed by atoms with van der Waals surface area (Å²) in [5.74, 6) is 0. The Labute approximate surface area is 188 Å². The lowest BCUT2D eigenvalue weighted by Gasteiger charge is -2.25. The molecule has 1 heterocycles. The third-order valence-corrected chi connectivity index (χ3v) is 7.74. The summed E-state index contributed by atoms with van der Waals surface area (Å²) in [6.07, 6.45) is 1.12. The highest BCUT2D eigenvalue weighted by atomic mass is 15.2. The summed E-state index contributed by atoms with van der Waals surface area (Å²) < 4.78 is 0. The van der Waals surface area contributed by atoms with Crippen molar-refractivity contribution in [3.05, 3.63) is 108 Å². The first-order valence-electron chi connectivity index (χ1n) is 11.6. The van der Waals surface area contributed by atoms with Gasteiger partial charge in [0.15, 0.2) is 0 Å². The summed E-state index contributed by atoms with van der Waals surface area (Å²) in [4.78, 5) is 2.49. The van der Waals surface area contributed by atoms with E-state index in [0.717, 1.165) is 13.0 Å². The Morgan fingerprint density at radius 2 is 1.50 bits per heavy atom. The molecular weight excluding hydrogens is 386 g/mol. The smallest absolute Gasteiger partial charge is 0.0444 e. The van der Waals surface area contributed by atoms with Crippen molar-refractivity contribution in [2.75, 3.05) is 11.4 Å². The summed E-state index contributed by atoms with van der Waals surface area (Å²) in [6.45, 7) is 5.82. The number of nitrogens with zero attached hydrogens (tertiary/aromatic N) is 1. The first kappa shape index (κ1) is 18.0. The maximum atomic E-state index is 2.49. The Morgan fingerprint density at radius 3 is 2.44 bits per heavy atom. The van der Waals surface area contributed by atoms with Gasteiger partial charge in [-0.2, -0.15) is 0 Å². The molecular formula is C31H25N. The number of benzene rings is 5. The molecule has 32 heavy (non-hydrogen) atoms. The molecule has 5 aromatic carbocycles. The van der Waals surface area contributed by atoms with Gasteiger partial charge in [0.2, 0.25) is 0 Å². The SMILES string of the molecule is CC1(C)c2cc(N3CCc4ccccc43)ccc2-c2c1ccc1c2ccc2ccccc21. The monoisotopic (exact) mass is 411 g/mol. The second-order valence-electron chi connectivity index (χ2n) is 9.76. The molecule has 0 saturated heterocycles. The molecule has 0 amide bonds. The van der Waals surface area contributed by atoms with E-state index in [0.29, 0.717) is 0 Å². The van der Waals surface area contributed by atoms with E-state index in [1.54, 1.807) is 0 Å². The molecule has 2 aliphatic rings. The van der Waals surface area contributed by atoms with Gasteiger partial charge in [-0.05, 0) is 74.0 Å². The Morgan fingerprint density at radius 1 is 0.688 bits per heavy atom. The first-order valence-corrected chi connectivity index (χ1v) is 11.6. The molecule has 0 bridgehead atoms. The second kappa shape index (κ2) is 6.23. The highest BCUT2D eigenvalue weighted by Gasteiger charge is 2.37. The molecule has 0 spiro atoms. The fourth-order valence-corrected chi connectivity index (χ4v) is 6.09. The molecule has 1 heteroatoms. The van der Waals surface area contributed by atoms with Crippen LogP contribution < -0.4 is 4.90 Å².